The highest BCUT2D eigenvalue weighted by molar-refractivity contribution is 7.89. The zero-order chi connectivity index (χ0) is 23.1. The summed E-state index contributed by atoms with van der Waals surface area (Å²) in [7, 11) is -3.75. The molecule has 0 saturated carbocycles. The summed E-state index contributed by atoms with van der Waals surface area (Å²) in [6.45, 7) is 3.63. The number of ether oxygens (including phenoxy) is 2. The second-order valence-corrected chi connectivity index (χ2v) is 10.0. The zero-order valence-corrected chi connectivity index (χ0v) is 19.4. The summed E-state index contributed by atoms with van der Waals surface area (Å²) in [5, 5.41) is 3.02. The molecule has 0 radical (unpaired) electrons. The molecule has 1 amide bonds. The van der Waals surface area contributed by atoms with Crippen LogP contribution in [0.1, 0.15) is 31.4 Å². The van der Waals surface area contributed by atoms with Crippen molar-refractivity contribution in [3.63, 3.8) is 0 Å². The number of amides is 1. The topological polar surface area (TPSA) is 110 Å². The number of carbonyl (C=O) groups is 1. The van der Waals surface area contributed by atoms with Gasteiger partial charge in [0.05, 0.1) is 23.8 Å². The minimum Gasteiger partial charge on any atom is -0.490 e. The smallest absolute Gasteiger partial charge is 0.240 e. The molecule has 3 heterocycles. The molecule has 2 N–H and O–H groups in total. The molecule has 2 aliphatic rings. The Kier molecular flexibility index (Phi) is 7.79. The first-order chi connectivity index (χ1) is 16.0. The van der Waals surface area contributed by atoms with E-state index in [9.17, 15) is 13.2 Å². The predicted octanol–water partition coefficient (Wildman–Crippen LogP) is 1.69. The quantitative estimate of drug-likeness (QED) is 0.599. The fraction of sp³-hybridized carbons (Fsp3) is 0.478. The van der Waals surface area contributed by atoms with Crippen LogP contribution in [-0.4, -0.2) is 63.1 Å². The largest absolute Gasteiger partial charge is 0.490 e. The Labute approximate surface area is 194 Å². The number of hydrogen-bond donors (Lipinski definition) is 2. The summed E-state index contributed by atoms with van der Waals surface area (Å²) in [5.74, 6) is 0.805. The van der Waals surface area contributed by atoms with Gasteiger partial charge in [-0.15, -0.1) is 0 Å². The summed E-state index contributed by atoms with van der Waals surface area (Å²) in [6, 6.07) is 10.6. The number of likely N-dealkylation sites (tertiary alicyclic amines) is 1. The van der Waals surface area contributed by atoms with Gasteiger partial charge in [-0.2, -0.15) is 0 Å². The highest BCUT2D eigenvalue weighted by Crippen LogP contribution is 2.31. The van der Waals surface area contributed by atoms with Gasteiger partial charge in [0.25, 0.3) is 0 Å². The lowest BCUT2D eigenvalue weighted by molar-refractivity contribution is -0.121. The lowest BCUT2D eigenvalue weighted by atomic mass is 10.0. The van der Waals surface area contributed by atoms with Gasteiger partial charge in [0, 0.05) is 57.3 Å². The normalized spacial score (nSPS) is 17.3. The van der Waals surface area contributed by atoms with Gasteiger partial charge < -0.3 is 14.8 Å². The third-order valence-corrected chi connectivity index (χ3v) is 7.20. The van der Waals surface area contributed by atoms with E-state index in [1.54, 1.807) is 12.3 Å². The molecular formula is C23H30N4O5S. The summed E-state index contributed by atoms with van der Waals surface area (Å²) in [6.07, 6.45) is 4.35. The first-order valence-corrected chi connectivity index (χ1v) is 12.8. The number of aromatic nitrogens is 1. The Hall–Kier alpha value is -2.69. The van der Waals surface area contributed by atoms with E-state index in [-0.39, 0.29) is 29.8 Å². The monoisotopic (exact) mass is 474 g/mol. The van der Waals surface area contributed by atoms with Crippen molar-refractivity contribution >= 4 is 15.9 Å². The van der Waals surface area contributed by atoms with Crippen LogP contribution in [0.3, 0.4) is 0 Å². The number of sulfonamides is 1. The van der Waals surface area contributed by atoms with E-state index >= 15 is 0 Å². The van der Waals surface area contributed by atoms with Crippen LogP contribution in [0.4, 0.5) is 0 Å². The molecule has 1 saturated heterocycles. The second-order valence-electron chi connectivity index (χ2n) is 8.25. The van der Waals surface area contributed by atoms with Crippen molar-refractivity contribution in [1.29, 1.82) is 0 Å². The lowest BCUT2D eigenvalue weighted by Crippen LogP contribution is -2.45. The standard InChI is InChI=1S/C23H30N4O5S/c28-23(26-18-8-12-27(13-9-18)17-19-4-1-2-10-24-19)7-11-25-33(29,30)20-5-6-21-22(16-20)32-15-3-14-31-21/h1-2,4-6,10,16,18,25H,3,7-9,11-15,17H2,(H,26,28). The van der Waals surface area contributed by atoms with Crippen LogP contribution in [0.2, 0.25) is 0 Å². The molecule has 4 rings (SSSR count). The number of pyridine rings is 1. The van der Waals surface area contributed by atoms with Crippen molar-refractivity contribution in [2.24, 2.45) is 0 Å². The molecule has 1 aromatic heterocycles. The number of carbonyl (C=O) groups excluding carboxylic acids is 1. The molecule has 0 atom stereocenters. The van der Waals surface area contributed by atoms with Crippen LogP contribution in [0.25, 0.3) is 0 Å². The first kappa shape index (κ1) is 23.5. The molecular weight excluding hydrogens is 444 g/mol. The predicted molar refractivity (Wildman–Crippen MR) is 123 cm³/mol. The number of piperidine rings is 1. The number of hydrogen-bond acceptors (Lipinski definition) is 7. The van der Waals surface area contributed by atoms with Crippen LogP contribution in [0, 0.1) is 0 Å². The van der Waals surface area contributed by atoms with Crippen LogP contribution in [0.15, 0.2) is 47.5 Å². The van der Waals surface area contributed by atoms with E-state index in [0.29, 0.717) is 24.7 Å². The van der Waals surface area contributed by atoms with Gasteiger partial charge in [-0.25, -0.2) is 13.1 Å². The SMILES string of the molecule is O=C(CCNS(=O)(=O)c1ccc2c(c1)OCCCO2)NC1CCN(Cc2ccccn2)CC1. The molecule has 1 fully saturated rings. The Morgan fingerprint density at radius 2 is 1.88 bits per heavy atom. The van der Waals surface area contributed by atoms with Crippen LogP contribution in [-0.2, 0) is 21.4 Å². The van der Waals surface area contributed by atoms with Crippen LogP contribution < -0.4 is 19.5 Å². The maximum atomic E-state index is 12.6. The Balaban J connectivity index is 1.19. The summed E-state index contributed by atoms with van der Waals surface area (Å²) < 4.78 is 38.8. The van der Waals surface area contributed by atoms with Gasteiger partial charge in [0.2, 0.25) is 15.9 Å². The molecule has 33 heavy (non-hydrogen) atoms. The van der Waals surface area contributed by atoms with E-state index < -0.39 is 10.0 Å². The maximum absolute atomic E-state index is 12.6. The number of fused-ring (bicyclic) bond motifs is 1. The molecule has 0 aliphatic carbocycles. The van der Waals surface area contributed by atoms with Crippen LogP contribution >= 0.6 is 0 Å². The maximum Gasteiger partial charge on any atom is 0.240 e. The average Bonchev–Trinajstić information content (AvgIpc) is 3.06. The highest BCUT2D eigenvalue weighted by Gasteiger charge is 2.22. The summed E-state index contributed by atoms with van der Waals surface area (Å²) in [4.78, 5) is 19.1. The first-order valence-electron chi connectivity index (χ1n) is 11.3. The van der Waals surface area contributed by atoms with Gasteiger partial charge >= 0.3 is 0 Å². The average molecular weight is 475 g/mol. The molecule has 0 spiro atoms. The zero-order valence-electron chi connectivity index (χ0n) is 18.5. The van der Waals surface area contributed by atoms with Gasteiger partial charge in [-0.3, -0.25) is 14.7 Å². The third kappa shape index (κ3) is 6.66. The minimum absolute atomic E-state index is 0.0289. The van der Waals surface area contributed by atoms with Gasteiger partial charge in [-0.05, 0) is 37.1 Å². The molecule has 2 aliphatic heterocycles. The third-order valence-electron chi connectivity index (χ3n) is 5.74. The molecule has 1 aromatic carbocycles. The van der Waals surface area contributed by atoms with Crippen molar-refractivity contribution in [3.8, 4) is 11.5 Å². The van der Waals surface area contributed by atoms with Gasteiger partial charge in [0.1, 0.15) is 0 Å². The second kappa shape index (κ2) is 11.0. The van der Waals surface area contributed by atoms with E-state index in [2.05, 4.69) is 19.9 Å². The lowest BCUT2D eigenvalue weighted by Gasteiger charge is -2.32. The van der Waals surface area contributed by atoms with E-state index in [0.717, 1.165) is 44.6 Å². The number of nitrogens with one attached hydrogen (secondary N) is 2. The molecule has 178 valence electrons. The van der Waals surface area contributed by atoms with E-state index in [1.807, 2.05) is 18.2 Å². The Morgan fingerprint density at radius 1 is 1.09 bits per heavy atom. The fourth-order valence-corrected chi connectivity index (χ4v) is 5.00. The van der Waals surface area contributed by atoms with E-state index in [4.69, 9.17) is 9.47 Å². The van der Waals surface area contributed by atoms with Gasteiger partial charge in [-0.1, -0.05) is 6.07 Å². The molecule has 10 heteroatoms. The Morgan fingerprint density at radius 3 is 2.64 bits per heavy atom. The van der Waals surface area contributed by atoms with Crippen molar-refractivity contribution in [1.82, 2.24) is 19.9 Å². The summed E-state index contributed by atoms with van der Waals surface area (Å²) >= 11 is 0. The van der Waals surface area contributed by atoms with Crippen LogP contribution in [0.5, 0.6) is 11.5 Å². The minimum atomic E-state index is -3.75. The number of rotatable bonds is 8. The van der Waals surface area contributed by atoms with Gasteiger partial charge in [0.15, 0.2) is 11.5 Å². The molecule has 9 nitrogen and oxygen atoms in total. The number of nitrogens with zero attached hydrogens (tertiary/aromatic N) is 2. The van der Waals surface area contributed by atoms with Crippen molar-refractivity contribution in [2.75, 3.05) is 32.8 Å². The van der Waals surface area contributed by atoms with Crippen molar-refractivity contribution in [3.05, 3.63) is 48.3 Å². The molecule has 0 bridgehead atoms. The fourth-order valence-electron chi connectivity index (χ4n) is 3.95. The highest BCUT2D eigenvalue weighted by atomic mass is 32.2. The van der Waals surface area contributed by atoms with Crippen molar-refractivity contribution in [2.45, 2.75) is 43.2 Å². The number of benzene rings is 1. The summed E-state index contributed by atoms with van der Waals surface area (Å²) in [5.41, 5.74) is 1.04. The molecule has 0 unspecified atom stereocenters. The molecule has 2 aromatic rings. The van der Waals surface area contributed by atoms with Crippen molar-refractivity contribution < 1.29 is 22.7 Å². The van der Waals surface area contributed by atoms with E-state index in [1.165, 1.54) is 12.1 Å². The Bertz CT molecular complexity index is 1040.